The van der Waals surface area contributed by atoms with Gasteiger partial charge < -0.3 is 15.0 Å². The fourth-order valence-corrected chi connectivity index (χ4v) is 3.81. The maximum absolute atomic E-state index is 12.1. The Morgan fingerprint density at radius 3 is 2.71 bits per heavy atom. The molecular weight excluding hydrogens is 414 g/mol. The van der Waals surface area contributed by atoms with Gasteiger partial charge in [-0.2, -0.15) is 0 Å². The molecule has 1 N–H and O–H groups in total. The minimum absolute atomic E-state index is 0. The van der Waals surface area contributed by atoms with Crippen molar-refractivity contribution in [2.75, 3.05) is 51.3 Å². The van der Waals surface area contributed by atoms with E-state index < -0.39 is 0 Å². The van der Waals surface area contributed by atoms with E-state index in [1.165, 1.54) is 0 Å². The molecule has 31 heavy (non-hydrogen) atoms. The standard InChI is InChI=1S/C23H27N5O2.ClH/c1-30-20-5-6-21-18(16-20)7-10-25-22(21)28-14-12-27(13-15-28)11-3-9-26-23(29)19-4-2-8-24-17-19;/h2,4-8,10,16-17H,3,9,11-15H2,1H3,(H,26,29);1H. The first-order valence-corrected chi connectivity index (χ1v) is 10.3. The number of nitrogens with zero attached hydrogens (tertiary/aromatic N) is 4. The van der Waals surface area contributed by atoms with Crippen LogP contribution >= 0.6 is 12.4 Å². The number of aromatic nitrogens is 2. The highest BCUT2D eigenvalue weighted by atomic mass is 35.5. The van der Waals surface area contributed by atoms with Crippen LogP contribution in [0.5, 0.6) is 5.75 Å². The lowest BCUT2D eigenvalue weighted by Gasteiger charge is -2.35. The monoisotopic (exact) mass is 441 g/mol. The van der Waals surface area contributed by atoms with Gasteiger partial charge in [0.1, 0.15) is 11.6 Å². The Morgan fingerprint density at radius 1 is 1.13 bits per heavy atom. The number of methoxy groups -OCH3 is 1. The van der Waals surface area contributed by atoms with Crippen LogP contribution in [0.1, 0.15) is 16.8 Å². The van der Waals surface area contributed by atoms with Crippen LogP contribution in [0.3, 0.4) is 0 Å². The molecule has 0 aliphatic carbocycles. The van der Waals surface area contributed by atoms with Crippen molar-refractivity contribution in [2.24, 2.45) is 0 Å². The average Bonchev–Trinajstić information content (AvgIpc) is 2.82. The van der Waals surface area contributed by atoms with Crippen LogP contribution < -0.4 is 15.0 Å². The lowest BCUT2D eigenvalue weighted by Crippen LogP contribution is -2.47. The molecule has 4 rings (SSSR count). The SMILES string of the molecule is COc1ccc2c(N3CCN(CCCNC(=O)c4cccnc4)CC3)nccc2c1.Cl. The molecule has 2 aromatic heterocycles. The van der Waals surface area contributed by atoms with E-state index in [9.17, 15) is 4.79 Å². The van der Waals surface area contributed by atoms with Gasteiger partial charge in [0.25, 0.3) is 5.91 Å². The number of carbonyl (C=O) groups excluding carboxylic acids is 1. The van der Waals surface area contributed by atoms with Gasteiger partial charge >= 0.3 is 0 Å². The molecule has 3 aromatic rings. The Bertz CT molecular complexity index is 994. The summed E-state index contributed by atoms with van der Waals surface area (Å²) in [6, 6.07) is 11.7. The van der Waals surface area contributed by atoms with E-state index in [4.69, 9.17) is 4.74 Å². The Balaban J connectivity index is 0.00000272. The van der Waals surface area contributed by atoms with Crippen molar-refractivity contribution >= 4 is 34.9 Å². The largest absolute Gasteiger partial charge is 0.497 e. The van der Waals surface area contributed by atoms with Crippen LogP contribution in [-0.2, 0) is 0 Å². The fraction of sp³-hybridized carbons (Fsp3) is 0.348. The second-order valence-corrected chi connectivity index (χ2v) is 7.40. The van der Waals surface area contributed by atoms with Gasteiger partial charge in [0.2, 0.25) is 0 Å². The highest BCUT2D eigenvalue weighted by Gasteiger charge is 2.19. The smallest absolute Gasteiger partial charge is 0.252 e. The third-order valence-electron chi connectivity index (χ3n) is 5.48. The Labute approximate surface area is 188 Å². The summed E-state index contributed by atoms with van der Waals surface area (Å²) in [6.07, 6.45) is 6.06. The number of ether oxygens (including phenoxy) is 1. The zero-order chi connectivity index (χ0) is 20.8. The van der Waals surface area contributed by atoms with E-state index in [1.54, 1.807) is 31.6 Å². The number of hydrogen-bond acceptors (Lipinski definition) is 6. The molecule has 0 atom stereocenters. The summed E-state index contributed by atoms with van der Waals surface area (Å²) >= 11 is 0. The number of carbonyl (C=O) groups is 1. The number of piperazine rings is 1. The summed E-state index contributed by atoms with van der Waals surface area (Å²) in [4.78, 5) is 25.5. The topological polar surface area (TPSA) is 70.6 Å². The molecule has 7 nitrogen and oxygen atoms in total. The minimum Gasteiger partial charge on any atom is -0.497 e. The minimum atomic E-state index is -0.0634. The summed E-state index contributed by atoms with van der Waals surface area (Å²) in [5, 5.41) is 5.27. The Hall–Kier alpha value is -2.90. The molecule has 1 saturated heterocycles. The highest BCUT2D eigenvalue weighted by Crippen LogP contribution is 2.28. The predicted molar refractivity (Wildman–Crippen MR) is 125 cm³/mol. The molecule has 1 amide bonds. The van der Waals surface area contributed by atoms with Gasteiger partial charge in [0, 0.05) is 56.7 Å². The van der Waals surface area contributed by atoms with Gasteiger partial charge in [-0.1, -0.05) is 0 Å². The number of hydrogen-bond donors (Lipinski definition) is 1. The van der Waals surface area contributed by atoms with Gasteiger partial charge in [-0.15, -0.1) is 12.4 Å². The summed E-state index contributed by atoms with van der Waals surface area (Å²) in [5.74, 6) is 1.84. The quantitative estimate of drug-likeness (QED) is 0.568. The van der Waals surface area contributed by atoms with Crippen LogP contribution in [0.15, 0.2) is 55.0 Å². The molecule has 8 heteroatoms. The van der Waals surface area contributed by atoms with E-state index in [1.807, 2.05) is 18.3 Å². The van der Waals surface area contributed by atoms with Crippen LogP contribution in [0.2, 0.25) is 0 Å². The maximum atomic E-state index is 12.1. The first kappa shape index (κ1) is 22.8. The number of amides is 1. The molecule has 0 bridgehead atoms. The van der Waals surface area contributed by atoms with E-state index in [-0.39, 0.29) is 18.3 Å². The number of rotatable bonds is 7. The average molecular weight is 442 g/mol. The van der Waals surface area contributed by atoms with Crippen LogP contribution in [-0.4, -0.2) is 67.2 Å². The van der Waals surface area contributed by atoms with Crippen molar-refractivity contribution < 1.29 is 9.53 Å². The van der Waals surface area contributed by atoms with Crippen molar-refractivity contribution in [1.29, 1.82) is 0 Å². The molecular formula is C23H28ClN5O2. The van der Waals surface area contributed by atoms with Gasteiger partial charge in [0.05, 0.1) is 12.7 Å². The summed E-state index contributed by atoms with van der Waals surface area (Å²) in [7, 11) is 1.69. The van der Waals surface area contributed by atoms with E-state index >= 15 is 0 Å². The van der Waals surface area contributed by atoms with Crippen molar-refractivity contribution in [1.82, 2.24) is 20.2 Å². The van der Waals surface area contributed by atoms with E-state index in [0.717, 1.165) is 61.5 Å². The number of benzene rings is 1. The second-order valence-electron chi connectivity index (χ2n) is 7.40. The van der Waals surface area contributed by atoms with Gasteiger partial charge in [-0.05, 0) is 54.8 Å². The summed E-state index contributed by atoms with van der Waals surface area (Å²) in [6.45, 7) is 5.51. The van der Waals surface area contributed by atoms with E-state index in [2.05, 4.69) is 37.2 Å². The molecule has 0 radical (unpaired) electrons. The van der Waals surface area contributed by atoms with Crippen LogP contribution in [0.25, 0.3) is 10.8 Å². The lowest BCUT2D eigenvalue weighted by atomic mass is 10.1. The van der Waals surface area contributed by atoms with Crippen molar-refractivity contribution in [3.05, 3.63) is 60.6 Å². The molecule has 1 aromatic carbocycles. The number of pyridine rings is 2. The summed E-state index contributed by atoms with van der Waals surface area (Å²) < 4.78 is 5.34. The van der Waals surface area contributed by atoms with Crippen LogP contribution in [0, 0.1) is 0 Å². The second kappa shape index (κ2) is 10.9. The van der Waals surface area contributed by atoms with E-state index in [0.29, 0.717) is 12.1 Å². The van der Waals surface area contributed by atoms with Crippen molar-refractivity contribution in [3.8, 4) is 5.75 Å². The Morgan fingerprint density at radius 2 is 1.97 bits per heavy atom. The maximum Gasteiger partial charge on any atom is 0.252 e. The number of halogens is 1. The highest BCUT2D eigenvalue weighted by molar-refractivity contribution is 5.94. The number of fused-ring (bicyclic) bond motifs is 1. The number of anilines is 1. The first-order valence-electron chi connectivity index (χ1n) is 10.3. The number of nitrogens with one attached hydrogen (secondary N) is 1. The molecule has 1 fully saturated rings. The van der Waals surface area contributed by atoms with Gasteiger partial charge in [0.15, 0.2) is 0 Å². The molecule has 0 saturated carbocycles. The van der Waals surface area contributed by atoms with Crippen molar-refractivity contribution in [2.45, 2.75) is 6.42 Å². The van der Waals surface area contributed by atoms with Crippen LogP contribution in [0.4, 0.5) is 5.82 Å². The fourth-order valence-electron chi connectivity index (χ4n) is 3.81. The zero-order valence-electron chi connectivity index (χ0n) is 17.7. The zero-order valence-corrected chi connectivity index (χ0v) is 18.5. The third kappa shape index (κ3) is 5.62. The molecule has 3 heterocycles. The van der Waals surface area contributed by atoms with Gasteiger partial charge in [-0.3, -0.25) is 14.7 Å². The Kier molecular flexibility index (Phi) is 8.03. The lowest BCUT2D eigenvalue weighted by molar-refractivity contribution is 0.0951. The molecule has 164 valence electrons. The molecule has 1 aliphatic rings. The van der Waals surface area contributed by atoms with Crippen molar-refractivity contribution in [3.63, 3.8) is 0 Å². The van der Waals surface area contributed by atoms with Gasteiger partial charge in [-0.25, -0.2) is 4.98 Å². The molecule has 1 aliphatic heterocycles. The first-order chi connectivity index (χ1) is 14.7. The third-order valence-corrected chi connectivity index (χ3v) is 5.48. The molecule has 0 unspecified atom stereocenters. The predicted octanol–water partition coefficient (Wildman–Crippen LogP) is 3.00. The normalized spacial score (nSPS) is 14.2. The molecule has 0 spiro atoms. The summed E-state index contributed by atoms with van der Waals surface area (Å²) in [5.41, 5.74) is 0.603.